The van der Waals surface area contributed by atoms with Crippen LogP contribution in [0.15, 0.2) is 36.0 Å². The average Bonchev–Trinajstić information content (AvgIpc) is 3.01. The van der Waals surface area contributed by atoms with Crippen LogP contribution in [0.5, 0.6) is 5.75 Å². The third kappa shape index (κ3) is 4.67. The first-order chi connectivity index (χ1) is 16.8. The fraction of sp³-hybridized carbons (Fsp3) is 0.440. The number of carbonyl (C=O) groups is 1. The molecule has 3 heterocycles. The summed E-state index contributed by atoms with van der Waals surface area (Å²) in [4.78, 5) is 16.0. The lowest BCUT2D eigenvalue weighted by molar-refractivity contribution is -0.658. The van der Waals surface area contributed by atoms with Gasteiger partial charge in [-0.25, -0.2) is 0 Å². The monoisotopic (exact) mass is 502 g/mol. The van der Waals surface area contributed by atoms with Crippen LogP contribution in [0.2, 0.25) is 5.02 Å². The molecule has 1 aromatic carbocycles. The van der Waals surface area contributed by atoms with Gasteiger partial charge in [0.15, 0.2) is 0 Å². The molecule has 2 fully saturated rings. The van der Waals surface area contributed by atoms with Gasteiger partial charge in [0.25, 0.3) is 0 Å². The highest BCUT2D eigenvalue weighted by molar-refractivity contribution is 6.30. The summed E-state index contributed by atoms with van der Waals surface area (Å²) in [6.45, 7) is 2.03. The van der Waals surface area contributed by atoms with Crippen molar-refractivity contribution in [3.63, 3.8) is 0 Å². The second kappa shape index (κ2) is 9.85. The van der Waals surface area contributed by atoms with Gasteiger partial charge in [-0.1, -0.05) is 17.7 Å². The number of benzene rings is 1. The van der Waals surface area contributed by atoms with Gasteiger partial charge in [-0.3, -0.25) is 4.98 Å². The first-order valence-corrected chi connectivity index (χ1v) is 12.1. The summed E-state index contributed by atoms with van der Waals surface area (Å²) in [5.74, 6) is -1.46. The van der Waals surface area contributed by atoms with Crippen molar-refractivity contribution in [3.05, 3.63) is 63.4 Å². The van der Waals surface area contributed by atoms with Crippen LogP contribution in [-0.4, -0.2) is 70.1 Å². The Hall–Kier alpha value is -2.53. The maximum Gasteiger partial charge on any atom is 0.229 e. The molecule has 10 heteroatoms. The molecule has 9 nitrogen and oxygen atoms in total. The lowest BCUT2D eigenvalue weighted by Gasteiger charge is -2.40. The number of fused-ring (bicyclic) bond motifs is 2. The Balaban J connectivity index is 1.50. The molecule has 5 rings (SSSR count). The lowest BCUT2D eigenvalue weighted by atomic mass is 9.89. The number of aromatic nitrogens is 1. The number of hydrogen-bond acceptors (Lipinski definition) is 8. The number of carbonyl (C=O) groups excluding carboxylic acids is 1. The van der Waals surface area contributed by atoms with E-state index in [9.17, 15) is 25.2 Å². The van der Waals surface area contributed by atoms with E-state index in [1.807, 2.05) is 12.1 Å². The van der Waals surface area contributed by atoms with Crippen LogP contribution in [0, 0.1) is 0 Å². The van der Waals surface area contributed by atoms with Gasteiger partial charge in [0.1, 0.15) is 30.2 Å². The SMILES string of the molecule is O=C([O-])[C@H]1O[C@@H](Oc2cnc3c(c2)CCc2cc(Cl)ccc2C3=C2CC[NH2+]CC2)[C@H](O)[C@@H](O)[C@@H]1O. The molecule has 0 unspecified atom stereocenters. The lowest BCUT2D eigenvalue weighted by Crippen LogP contribution is -2.85. The number of ether oxygens (including phenoxy) is 2. The fourth-order valence-corrected chi connectivity index (χ4v) is 5.28. The normalized spacial score (nSPS) is 28.6. The molecule has 186 valence electrons. The second-order valence-corrected chi connectivity index (χ2v) is 9.59. The fourth-order valence-electron chi connectivity index (χ4n) is 5.08. The summed E-state index contributed by atoms with van der Waals surface area (Å²) in [5.41, 5.74) is 6.55. The Morgan fingerprint density at radius 1 is 1.06 bits per heavy atom. The van der Waals surface area contributed by atoms with E-state index < -0.39 is 36.7 Å². The van der Waals surface area contributed by atoms with Crippen LogP contribution in [-0.2, 0) is 22.4 Å². The molecule has 0 radical (unpaired) electrons. The first-order valence-electron chi connectivity index (χ1n) is 11.7. The Morgan fingerprint density at radius 3 is 2.54 bits per heavy atom. The number of pyridine rings is 1. The standard InChI is InChI=1S/C25H27ClN2O7/c26-15-3-4-17-13(9-15)1-2-14-10-16(11-28-19(14)18(17)12-5-7-27-8-6-12)34-25-22(31)20(29)21(30)23(35-25)24(32)33/h3-4,9-11,20-23,25,27,29-31H,1-2,5-8H2,(H,32,33)/t20-,21-,22+,23-,25+/m0/s1. The van der Waals surface area contributed by atoms with Crippen molar-refractivity contribution in [1.82, 2.24) is 4.98 Å². The molecular formula is C25H27ClN2O7. The Kier molecular flexibility index (Phi) is 6.80. The minimum Gasteiger partial charge on any atom is -0.547 e. The van der Waals surface area contributed by atoms with Crippen molar-refractivity contribution >= 4 is 23.1 Å². The average molecular weight is 503 g/mol. The zero-order chi connectivity index (χ0) is 24.7. The van der Waals surface area contributed by atoms with Crippen molar-refractivity contribution in [3.8, 4) is 5.75 Å². The Morgan fingerprint density at radius 2 is 1.80 bits per heavy atom. The van der Waals surface area contributed by atoms with Crippen LogP contribution in [0.3, 0.4) is 0 Å². The number of rotatable bonds is 3. The first kappa shape index (κ1) is 24.2. The van der Waals surface area contributed by atoms with Gasteiger partial charge < -0.3 is 40.0 Å². The topological polar surface area (TPSA) is 149 Å². The van der Waals surface area contributed by atoms with E-state index in [2.05, 4.69) is 11.4 Å². The highest BCUT2D eigenvalue weighted by atomic mass is 35.5. The summed E-state index contributed by atoms with van der Waals surface area (Å²) in [7, 11) is 0. The van der Waals surface area contributed by atoms with Gasteiger partial charge in [0, 0.05) is 23.4 Å². The number of aryl methyl sites for hydroxylation is 2. The van der Waals surface area contributed by atoms with Gasteiger partial charge in [-0.15, -0.1) is 0 Å². The van der Waals surface area contributed by atoms with E-state index in [1.54, 1.807) is 6.07 Å². The molecule has 1 aromatic heterocycles. The minimum atomic E-state index is -1.84. The molecule has 5 N–H and O–H groups in total. The molecule has 0 spiro atoms. The third-order valence-corrected chi connectivity index (χ3v) is 7.12. The van der Waals surface area contributed by atoms with E-state index in [0.29, 0.717) is 11.4 Å². The maximum atomic E-state index is 11.3. The van der Waals surface area contributed by atoms with Crippen molar-refractivity contribution in [2.75, 3.05) is 13.1 Å². The summed E-state index contributed by atoms with van der Waals surface area (Å²) in [5, 5.41) is 44.5. The third-order valence-electron chi connectivity index (χ3n) is 6.89. The van der Waals surface area contributed by atoms with E-state index in [0.717, 1.165) is 60.3 Å². The highest BCUT2D eigenvalue weighted by Gasteiger charge is 2.45. The van der Waals surface area contributed by atoms with Gasteiger partial charge in [0.05, 0.1) is 30.9 Å². The van der Waals surface area contributed by atoms with Crippen LogP contribution in [0.4, 0.5) is 0 Å². The molecule has 2 aliphatic heterocycles. The molecule has 3 aliphatic rings. The van der Waals surface area contributed by atoms with Crippen LogP contribution in [0.25, 0.3) is 5.57 Å². The number of quaternary nitrogens is 1. The Bertz CT molecular complexity index is 1160. The number of aliphatic hydroxyl groups excluding tert-OH is 3. The molecule has 1 aliphatic carbocycles. The molecule has 35 heavy (non-hydrogen) atoms. The summed E-state index contributed by atoms with van der Waals surface area (Å²) in [6, 6.07) is 7.74. The summed E-state index contributed by atoms with van der Waals surface area (Å²) in [6.07, 6.45) is -3.80. The van der Waals surface area contributed by atoms with E-state index >= 15 is 0 Å². The Labute approximate surface area is 207 Å². The predicted molar refractivity (Wildman–Crippen MR) is 122 cm³/mol. The van der Waals surface area contributed by atoms with Crippen LogP contribution in [0.1, 0.15) is 35.2 Å². The maximum absolute atomic E-state index is 11.3. The van der Waals surface area contributed by atoms with Crippen LogP contribution >= 0.6 is 11.6 Å². The molecule has 0 saturated carbocycles. The number of halogens is 1. The number of nitrogens with zero attached hydrogens (tertiary/aromatic N) is 1. The molecule has 0 amide bonds. The van der Waals surface area contributed by atoms with Gasteiger partial charge >= 0.3 is 0 Å². The number of nitrogens with two attached hydrogens (primary N) is 1. The number of piperidine rings is 1. The van der Waals surface area contributed by atoms with E-state index in [-0.39, 0.29) is 5.75 Å². The van der Waals surface area contributed by atoms with Gasteiger partial charge in [-0.05, 0) is 53.3 Å². The number of aliphatic carboxylic acids is 1. The van der Waals surface area contributed by atoms with Crippen molar-refractivity contribution < 1.29 is 40.0 Å². The largest absolute Gasteiger partial charge is 0.547 e. The molecular weight excluding hydrogens is 476 g/mol. The van der Waals surface area contributed by atoms with Gasteiger partial charge in [-0.2, -0.15) is 0 Å². The van der Waals surface area contributed by atoms with Crippen molar-refractivity contribution in [1.29, 1.82) is 0 Å². The van der Waals surface area contributed by atoms with Crippen molar-refractivity contribution in [2.45, 2.75) is 56.4 Å². The zero-order valence-electron chi connectivity index (χ0n) is 18.9. The van der Waals surface area contributed by atoms with Crippen molar-refractivity contribution in [2.24, 2.45) is 0 Å². The number of carboxylic acid groups (broad SMARTS) is 1. The zero-order valence-corrected chi connectivity index (χ0v) is 19.6. The smallest absolute Gasteiger partial charge is 0.229 e. The highest BCUT2D eigenvalue weighted by Crippen LogP contribution is 2.38. The minimum absolute atomic E-state index is 0.249. The van der Waals surface area contributed by atoms with E-state index in [1.165, 1.54) is 11.8 Å². The molecule has 2 aromatic rings. The predicted octanol–water partition coefficient (Wildman–Crippen LogP) is -1.07. The number of aliphatic hydroxyl groups is 3. The molecule has 5 atom stereocenters. The van der Waals surface area contributed by atoms with Crippen LogP contribution < -0.4 is 15.2 Å². The van der Waals surface area contributed by atoms with E-state index in [4.69, 9.17) is 26.1 Å². The number of carboxylic acids is 1. The molecule has 2 saturated heterocycles. The molecule has 0 bridgehead atoms. The quantitative estimate of drug-likeness (QED) is 0.414. The summed E-state index contributed by atoms with van der Waals surface area (Å²) < 4.78 is 10.9. The van der Waals surface area contributed by atoms with Gasteiger partial charge in [0.2, 0.25) is 6.29 Å². The summed E-state index contributed by atoms with van der Waals surface area (Å²) >= 11 is 6.30. The number of hydrogen-bond donors (Lipinski definition) is 4. The second-order valence-electron chi connectivity index (χ2n) is 9.16.